The molecule has 0 bridgehead atoms. The Bertz CT molecular complexity index is 1120. The highest BCUT2D eigenvalue weighted by atomic mass is 35.5. The number of anilines is 1. The van der Waals surface area contributed by atoms with Gasteiger partial charge in [-0.15, -0.1) is 0 Å². The molecular weight excluding hydrogens is 390 g/mol. The summed E-state index contributed by atoms with van der Waals surface area (Å²) in [7, 11) is 0. The third kappa shape index (κ3) is 3.44. The van der Waals surface area contributed by atoms with E-state index < -0.39 is 0 Å². The van der Waals surface area contributed by atoms with Gasteiger partial charge in [-0.1, -0.05) is 17.7 Å². The molecule has 3 aromatic rings. The number of likely N-dealkylation sites (tertiary alicyclic amines) is 1. The van der Waals surface area contributed by atoms with Crippen LogP contribution in [0.5, 0.6) is 5.75 Å². The molecule has 148 valence electrons. The topological polar surface area (TPSA) is 74.4 Å². The summed E-state index contributed by atoms with van der Waals surface area (Å²) < 4.78 is 5.36. The molecule has 2 N–H and O–H groups in total. The van der Waals surface area contributed by atoms with E-state index >= 15 is 0 Å². The quantitative estimate of drug-likeness (QED) is 0.667. The Morgan fingerprint density at radius 1 is 1.10 bits per heavy atom. The molecule has 7 heteroatoms. The number of carbonyl (C=O) groups is 2. The molecule has 0 radical (unpaired) electrons. The van der Waals surface area contributed by atoms with Gasteiger partial charge in [0, 0.05) is 40.8 Å². The van der Waals surface area contributed by atoms with E-state index in [0.29, 0.717) is 36.0 Å². The lowest BCUT2D eigenvalue weighted by molar-refractivity contribution is -0.118. The Hall–Kier alpha value is -2.99. The average molecular weight is 410 g/mol. The highest BCUT2D eigenvalue weighted by Gasteiger charge is 2.26. The zero-order valence-electron chi connectivity index (χ0n) is 15.7. The van der Waals surface area contributed by atoms with E-state index in [1.807, 2.05) is 23.1 Å². The number of nitrogens with one attached hydrogen (secondary N) is 2. The van der Waals surface area contributed by atoms with E-state index in [1.165, 1.54) is 5.69 Å². The fourth-order valence-electron chi connectivity index (χ4n) is 4.13. The van der Waals surface area contributed by atoms with Crippen molar-refractivity contribution in [2.75, 3.05) is 25.0 Å². The number of H-pyrrole nitrogens is 1. The van der Waals surface area contributed by atoms with Crippen LogP contribution in [-0.4, -0.2) is 41.4 Å². The number of piperidine rings is 1. The van der Waals surface area contributed by atoms with Crippen molar-refractivity contribution < 1.29 is 14.3 Å². The number of carbonyl (C=O) groups excluding carboxylic acids is 2. The number of hydrogen-bond donors (Lipinski definition) is 2. The molecule has 0 unspecified atom stereocenters. The minimum absolute atomic E-state index is 0.00770. The summed E-state index contributed by atoms with van der Waals surface area (Å²) in [5.41, 5.74) is 3.36. The lowest BCUT2D eigenvalue weighted by Crippen LogP contribution is -2.38. The molecule has 29 heavy (non-hydrogen) atoms. The second kappa shape index (κ2) is 7.12. The summed E-state index contributed by atoms with van der Waals surface area (Å²) in [5, 5.41) is 4.63. The molecule has 2 aliphatic heterocycles. The number of rotatable bonds is 2. The van der Waals surface area contributed by atoms with Gasteiger partial charge >= 0.3 is 0 Å². The predicted octanol–water partition coefficient (Wildman–Crippen LogP) is 4.17. The van der Waals surface area contributed by atoms with E-state index in [2.05, 4.69) is 16.4 Å². The summed E-state index contributed by atoms with van der Waals surface area (Å²) in [4.78, 5) is 29.8. The van der Waals surface area contributed by atoms with E-state index in [0.717, 1.165) is 28.8 Å². The van der Waals surface area contributed by atoms with Crippen molar-refractivity contribution in [1.82, 2.24) is 9.88 Å². The minimum Gasteiger partial charge on any atom is -0.482 e. The number of ether oxygens (including phenoxy) is 1. The zero-order valence-corrected chi connectivity index (χ0v) is 16.5. The Labute approximate surface area is 172 Å². The fourth-order valence-corrected chi connectivity index (χ4v) is 4.31. The zero-order chi connectivity index (χ0) is 20.0. The molecule has 5 rings (SSSR count). The van der Waals surface area contributed by atoms with Gasteiger partial charge in [-0.2, -0.15) is 0 Å². The maximum absolute atomic E-state index is 12.9. The summed E-state index contributed by atoms with van der Waals surface area (Å²) >= 11 is 6.08. The summed E-state index contributed by atoms with van der Waals surface area (Å²) in [6.45, 7) is 1.40. The van der Waals surface area contributed by atoms with Gasteiger partial charge in [0.25, 0.3) is 11.8 Å². The molecule has 3 heterocycles. The number of aromatic nitrogens is 1. The number of halogens is 1. The predicted molar refractivity (Wildman–Crippen MR) is 112 cm³/mol. The number of fused-ring (bicyclic) bond motifs is 2. The van der Waals surface area contributed by atoms with Gasteiger partial charge in [0.05, 0.1) is 5.69 Å². The van der Waals surface area contributed by atoms with Gasteiger partial charge in [0.1, 0.15) is 5.75 Å². The highest BCUT2D eigenvalue weighted by molar-refractivity contribution is 6.31. The Balaban J connectivity index is 1.28. The molecular formula is C22H20ClN3O3. The van der Waals surface area contributed by atoms with Crippen LogP contribution in [0.3, 0.4) is 0 Å². The minimum atomic E-state index is -0.206. The van der Waals surface area contributed by atoms with Gasteiger partial charge in [-0.25, -0.2) is 0 Å². The smallest absolute Gasteiger partial charge is 0.262 e. The SMILES string of the molecule is O=C1COc2ccc(C(=O)N3CCC(c4cc5ccc(Cl)cc5[nH]4)CC3)cc2N1. The van der Waals surface area contributed by atoms with Crippen LogP contribution in [-0.2, 0) is 4.79 Å². The van der Waals surface area contributed by atoms with Crippen LogP contribution in [0.2, 0.25) is 5.02 Å². The highest BCUT2D eigenvalue weighted by Crippen LogP contribution is 2.32. The lowest BCUT2D eigenvalue weighted by atomic mass is 9.93. The van der Waals surface area contributed by atoms with Crippen molar-refractivity contribution in [2.24, 2.45) is 0 Å². The molecule has 1 saturated heterocycles. The molecule has 2 amide bonds. The van der Waals surface area contributed by atoms with Crippen molar-refractivity contribution in [1.29, 1.82) is 0 Å². The lowest BCUT2D eigenvalue weighted by Gasteiger charge is -2.32. The van der Waals surface area contributed by atoms with Crippen molar-refractivity contribution in [3.05, 3.63) is 58.7 Å². The van der Waals surface area contributed by atoms with E-state index in [4.69, 9.17) is 16.3 Å². The maximum Gasteiger partial charge on any atom is 0.262 e. The summed E-state index contributed by atoms with van der Waals surface area (Å²) in [6.07, 6.45) is 1.80. The largest absolute Gasteiger partial charge is 0.482 e. The van der Waals surface area contributed by atoms with Gasteiger partial charge in [-0.3, -0.25) is 9.59 Å². The molecule has 6 nitrogen and oxygen atoms in total. The number of aromatic amines is 1. The molecule has 0 saturated carbocycles. The van der Waals surface area contributed by atoms with Crippen molar-refractivity contribution in [3.63, 3.8) is 0 Å². The Kier molecular flexibility index (Phi) is 4.43. The number of amides is 2. The second-order valence-electron chi connectivity index (χ2n) is 7.57. The molecule has 1 fully saturated rings. The van der Waals surface area contributed by atoms with Crippen LogP contribution in [0.25, 0.3) is 10.9 Å². The van der Waals surface area contributed by atoms with Crippen LogP contribution < -0.4 is 10.1 Å². The molecule has 0 aliphatic carbocycles. The summed E-state index contributed by atoms with van der Waals surface area (Å²) in [6, 6.07) is 13.2. The first-order chi connectivity index (χ1) is 14.1. The first-order valence-corrected chi connectivity index (χ1v) is 10.1. The van der Waals surface area contributed by atoms with Crippen molar-refractivity contribution in [2.45, 2.75) is 18.8 Å². The monoisotopic (exact) mass is 409 g/mol. The first-order valence-electron chi connectivity index (χ1n) is 9.71. The van der Waals surface area contributed by atoms with E-state index in [9.17, 15) is 9.59 Å². The average Bonchev–Trinajstić information content (AvgIpc) is 3.16. The van der Waals surface area contributed by atoms with Crippen molar-refractivity contribution in [3.8, 4) is 5.75 Å². The second-order valence-corrected chi connectivity index (χ2v) is 8.01. The Morgan fingerprint density at radius 2 is 1.93 bits per heavy atom. The standard InChI is InChI=1S/C22H20ClN3O3/c23-16-3-1-14-9-17(24-18(14)11-16)13-5-7-26(8-6-13)22(28)15-2-4-20-19(10-15)25-21(27)12-29-20/h1-4,9-11,13,24H,5-8,12H2,(H,25,27). The normalized spacial score (nSPS) is 17.0. The van der Waals surface area contributed by atoms with Crippen LogP contribution in [0.15, 0.2) is 42.5 Å². The molecule has 2 aromatic carbocycles. The molecule has 0 atom stereocenters. The van der Waals surface area contributed by atoms with Gasteiger partial charge in [0.15, 0.2) is 6.61 Å². The maximum atomic E-state index is 12.9. The number of nitrogens with zero attached hydrogens (tertiary/aromatic N) is 1. The van der Waals surface area contributed by atoms with Crippen LogP contribution >= 0.6 is 11.6 Å². The molecule has 1 aromatic heterocycles. The van der Waals surface area contributed by atoms with E-state index in [1.54, 1.807) is 18.2 Å². The van der Waals surface area contributed by atoms with Gasteiger partial charge < -0.3 is 19.9 Å². The molecule has 2 aliphatic rings. The van der Waals surface area contributed by atoms with Gasteiger partial charge in [0.2, 0.25) is 0 Å². The number of benzene rings is 2. The molecule has 0 spiro atoms. The fraction of sp³-hybridized carbons (Fsp3) is 0.273. The number of hydrogen-bond acceptors (Lipinski definition) is 3. The summed E-state index contributed by atoms with van der Waals surface area (Å²) in [5.74, 6) is 0.761. The van der Waals surface area contributed by atoms with Gasteiger partial charge in [-0.05, 0) is 54.6 Å². The van der Waals surface area contributed by atoms with Crippen LogP contribution in [0.1, 0.15) is 34.8 Å². The van der Waals surface area contributed by atoms with E-state index in [-0.39, 0.29) is 18.4 Å². The van der Waals surface area contributed by atoms with Crippen LogP contribution in [0, 0.1) is 0 Å². The Morgan fingerprint density at radius 3 is 2.76 bits per heavy atom. The third-order valence-corrected chi connectivity index (χ3v) is 5.92. The third-order valence-electron chi connectivity index (χ3n) is 5.69. The van der Waals surface area contributed by atoms with Crippen molar-refractivity contribution >= 4 is 40.0 Å². The van der Waals surface area contributed by atoms with Crippen LogP contribution in [0.4, 0.5) is 5.69 Å². The first kappa shape index (κ1) is 18.1.